The average Bonchev–Trinajstić information content (AvgIpc) is 3.36. The van der Waals surface area contributed by atoms with E-state index in [0.29, 0.717) is 55.5 Å². The Hall–Kier alpha value is -4.46. The van der Waals surface area contributed by atoms with Gasteiger partial charge in [0.2, 0.25) is 0 Å². The molecule has 5 rings (SSSR count). The molecule has 8 heteroatoms. The standard InChI is InChI=1S/C29H30N4O4/c1-36-26-13-12-22(18-27(26)37-2)28-23(20-33(30-28)19-21-8-4-3-5-9-21)29(35)32-16-14-31(15-17-32)24-10-6-7-11-25(24)34/h3-13,18,20,34H,14-17,19H2,1-2H3. The molecule has 1 saturated heterocycles. The topological polar surface area (TPSA) is 80.1 Å². The highest BCUT2D eigenvalue weighted by Crippen LogP contribution is 2.34. The minimum Gasteiger partial charge on any atom is -0.506 e. The maximum Gasteiger partial charge on any atom is 0.257 e. The number of aromatic hydroxyl groups is 1. The Bertz CT molecular complexity index is 1380. The Morgan fingerprint density at radius 3 is 2.30 bits per heavy atom. The van der Waals surface area contributed by atoms with Crippen molar-refractivity contribution in [3.63, 3.8) is 0 Å². The number of methoxy groups -OCH3 is 2. The number of para-hydroxylation sites is 2. The molecule has 0 saturated carbocycles. The molecule has 0 atom stereocenters. The molecule has 3 aromatic carbocycles. The summed E-state index contributed by atoms with van der Waals surface area (Å²) in [5.41, 5.74) is 3.81. The lowest BCUT2D eigenvalue weighted by molar-refractivity contribution is 0.0747. The Balaban J connectivity index is 1.43. The van der Waals surface area contributed by atoms with Crippen LogP contribution >= 0.6 is 0 Å². The number of rotatable bonds is 7. The molecule has 1 aromatic heterocycles. The molecule has 2 heterocycles. The summed E-state index contributed by atoms with van der Waals surface area (Å²) in [6, 6.07) is 22.9. The second-order valence-corrected chi connectivity index (χ2v) is 8.91. The third-order valence-electron chi connectivity index (χ3n) is 6.63. The van der Waals surface area contributed by atoms with Crippen LogP contribution in [-0.2, 0) is 6.54 Å². The van der Waals surface area contributed by atoms with Gasteiger partial charge in [-0.15, -0.1) is 0 Å². The van der Waals surface area contributed by atoms with E-state index < -0.39 is 0 Å². The predicted molar refractivity (Wildman–Crippen MR) is 143 cm³/mol. The van der Waals surface area contributed by atoms with Gasteiger partial charge in [-0.3, -0.25) is 9.48 Å². The van der Waals surface area contributed by atoms with Gasteiger partial charge in [-0.2, -0.15) is 5.10 Å². The number of aromatic nitrogens is 2. The summed E-state index contributed by atoms with van der Waals surface area (Å²) < 4.78 is 12.7. The number of carbonyl (C=O) groups is 1. The van der Waals surface area contributed by atoms with Gasteiger partial charge < -0.3 is 24.4 Å². The number of nitrogens with zero attached hydrogens (tertiary/aromatic N) is 4. The van der Waals surface area contributed by atoms with E-state index in [0.717, 1.165) is 16.8 Å². The smallest absolute Gasteiger partial charge is 0.257 e. The van der Waals surface area contributed by atoms with E-state index in [4.69, 9.17) is 14.6 Å². The van der Waals surface area contributed by atoms with Crippen molar-refractivity contribution in [2.45, 2.75) is 6.54 Å². The fourth-order valence-electron chi connectivity index (χ4n) is 4.68. The SMILES string of the molecule is COc1ccc(-c2nn(Cc3ccccc3)cc2C(=O)N2CCN(c3ccccc3O)CC2)cc1OC. The molecule has 1 aliphatic rings. The minimum absolute atomic E-state index is 0.0685. The lowest BCUT2D eigenvalue weighted by Crippen LogP contribution is -2.48. The van der Waals surface area contributed by atoms with Crippen LogP contribution in [-0.4, -0.2) is 66.1 Å². The van der Waals surface area contributed by atoms with Crippen LogP contribution in [0.15, 0.2) is 79.0 Å². The van der Waals surface area contributed by atoms with Crippen molar-refractivity contribution in [1.82, 2.24) is 14.7 Å². The number of amides is 1. The molecule has 1 fully saturated rings. The van der Waals surface area contributed by atoms with E-state index in [1.165, 1.54) is 0 Å². The molecule has 4 aromatic rings. The van der Waals surface area contributed by atoms with Crippen LogP contribution in [0.25, 0.3) is 11.3 Å². The highest BCUT2D eigenvalue weighted by atomic mass is 16.5. The van der Waals surface area contributed by atoms with Gasteiger partial charge in [-0.05, 0) is 35.9 Å². The number of hydrogen-bond acceptors (Lipinski definition) is 6. The minimum atomic E-state index is -0.0685. The van der Waals surface area contributed by atoms with Crippen LogP contribution in [0.3, 0.4) is 0 Å². The zero-order chi connectivity index (χ0) is 25.8. The van der Waals surface area contributed by atoms with Gasteiger partial charge in [-0.1, -0.05) is 42.5 Å². The maximum absolute atomic E-state index is 13.8. The number of phenols is 1. The second kappa shape index (κ2) is 10.7. The Kier molecular flexibility index (Phi) is 6.98. The van der Waals surface area contributed by atoms with Gasteiger partial charge in [0.05, 0.1) is 32.0 Å². The molecule has 1 aliphatic heterocycles. The fraction of sp³-hybridized carbons (Fsp3) is 0.241. The third kappa shape index (κ3) is 5.09. The van der Waals surface area contributed by atoms with E-state index in [9.17, 15) is 9.90 Å². The highest BCUT2D eigenvalue weighted by molar-refractivity contribution is 6.00. The zero-order valence-corrected chi connectivity index (χ0v) is 21.0. The molecule has 37 heavy (non-hydrogen) atoms. The first-order valence-electron chi connectivity index (χ1n) is 12.2. The van der Waals surface area contributed by atoms with E-state index in [1.54, 1.807) is 26.4 Å². The summed E-state index contributed by atoms with van der Waals surface area (Å²) in [7, 11) is 3.18. The molecular weight excluding hydrogens is 468 g/mol. The van der Waals surface area contributed by atoms with Gasteiger partial charge in [0.25, 0.3) is 5.91 Å². The quantitative estimate of drug-likeness (QED) is 0.410. The van der Waals surface area contributed by atoms with Gasteiger partial charge in [-0.25, -0.2) is 0 Å². The maximum atomic E-state index is 13.8. The Morgan fingerprint density at radius 2 is 1.59 bits per heavy atom. The first kappa shape index (κ1) is 24.2. The van der Waals surface area contributed by atoms with Crippen LogP contribution < -0.4 is 14.4 Å². The van der Waals surface area contributed by atoms with Gasteiger partial charge in [0, 0.05) is 37.9 Å². The number of carbonyl (C=O) groups excluding carboxylic acids is 1. The third-order valence-corrected chi connectivity index (χ3v) is 6.63. The molecule has 1 N–H and O–H groups in total. The number of anilines is 1. The fourth-order valence-corrected chi connectivity index (χ4v) is 4.68. The second-order valence-electron chi connectivity index (χ2n) is 8.91. The molecule has 1 amide bonds. The summed E-state index contributed by atoms with van der Waals surface area (Å²) in [5, 5.41) is 15.1. The van der Waals surface area contributed by atoms with Crippen molar-refractivity contribution in [2.75, 3.05) is 45.3 Å². The largest absolute Gasteiger partial charge is 0.506 e. The van der Waals surface area contributed by atoms with Crippen LogP contribution in [0, 0.1) is 0 Å². The van der Waals surface area contributed by atoms with Gasteiger partial charge >= 0.3 is 0 Å². The summed E-state index contributed by atoms with van der Waals surface area (Å²) in [4.78, 5) is 17.8. The van der Waals surface area contributed by atoms with Crippen molar-refractivity contribution in [3.05, 3.63) is 90.1 Å². The first-order valence-corrected chi connectivity index (χ1v) is 12.2. The Labute approximate surface area is 216 Å². The zero-order valence-electron chi connectivity index (χ0n) is 21.0. The van der Waals surface area contributed by atoms with Crippen molar-refractivity contribution in [3.8, 4) is 28.5 Å². The molecule has 0 aliphatic carbocycles. The summed E-state index contributed by atoms with van der Waals surface area (Å²) in [6.45, 7) is 2.90. The predicted octanol–water partition coefficient (Wildman–Crippen LogP) is 4.28. The lowest BCUT2D eigenvalue weighted by atomic mass is 10.1. The molecule has 0 bridgehead atoms. The van der Waals surface area contributed by atoms with E-state index >= 15 is 0 Å². The normalized spacial score (nSPS) is 13.5. The summed E-state index contributed by atoms with van der Waals surface area (Å²) >= 11 is 0. The van der Waals surface area contributed by atoms with Gasteiger partial charge in [0.15, 0.2) is 11.5 Å². The van der Waals surface area contributed by atoms with E-state index in [1.807, 2.05) is 76.4 Å². The van der Waals surface area contributed by atoms with Crippen molar-refractivity contribution in [1.29, 1.82) is 0 Å². The van der Waals surface area contributed by atoms with E-state index in [2.05, 4.69) is 4.90 Å². The highest BCUT2D eigenvalue weighted by Gasteiger charge is 2.27. The summed E-state index contributed by atoms with van der Waals surface area (Å²) in [5.74, 6) is 1.37. The van der Waals surface area contributed by atoms with E-state index in [-0.39, 0.29) is 11.7 Å². The lowest BCUT2D eigenvalue weighted by Gasteiger charge is -2.36. The monoisotopic (exact) mass is 498 g/mol. The van der Waals surface area contributed by atoms with Crippen molar-refractivity contribution < 1.29 is 19.4 Å². The molecule has 0 unspecified atom stereocenters. The number of benzene rings is 3. The Morgan fingerprint density at radius 1 is 0.892 bits per heavy atom. The first-order chi connectivity index (χ1) is 18.1. The van der Waals surface area contributed by atoms with Crippen molar-refractivity contribution >= 4 is 11.6 Å². The number of hydrogen-bond donors (Lipinski definition) is 1. The van der Waals surface area contributed by atoms with Crippen LogP contribution in [0.1, 0.15) is 15.9 Å². The number of phenolic OH excluding ortho intramolecular Hbond substituents is 1. The van der Waals surface area contributed by atoms with Crippen LogP contribution in [0.5, 0.6) is 17.2 Å². The molecule has 0 radical (unpaired) electrons. The van der Waals surface area contributed by atoms with Crippen molar-refractivity contribution in [2.24, 2.45) is 0 Å². The average molecular weight is 499 g/mol. The van der Waals surface area contributed by atoms with Crippen LogP contribution in [0.4, 0.5) is 5.69 Å². The number of piperazine rings is 1. The summed E-state index contributed by atoms with van der Waals surface area (Å²) in [6.07, 6.45) is 1.83. The molecule has 8 nitrogen and oxygen atoms in total. The molecular formula is C29H30N4O4. The molecule has 190 valence electrons. The number of ether oxygens (including phenoxy) is 2. The molecule has 0 spiro atoms. The van der Waals surface area contributed by atoms with Crippen LogP contribution in [0.2, 0.25) is 0 Å². The van der Waals surface area contributed by atoms with Gasteiger partial charge in [0.1, 0.15) is 11.4 Å².